The molecule has 0 radical (unpaired) electrons. The minimum absolute atomic E-state index is 0.126. The van der Waals surface area contributed by atoms with Gasteiger partial charge >= 0.3 is 0 Å². The molecule has 2 N–H and O–H groups in total. The summed E-state index contributed by atoms with van der Waals surface area (Å²) in [6, 6.07) is 4.18. The summed E-state index contributed by atoms with van der Waals surface area (Å²) in [6.45, 7) is 4.05. The van der Waals surface area contributed by atoms with Gasteiger partial charge in [-0.25, -0.2) is 8.78 Å². The van der Waals surface area contributed by atoms with E-state index in [9.17, 15) is 8.78 Å². The van der Waals surface area contributed by atoms with Gasteiger partial charge in [-0.05, 0) is 31.5 Å². The SMILES string of the molecule is NCC(c1c(F)cccc1F)N1CCN2CCCC2C1. The van der Waals surface area contributed by atoms with E-state index in [4.69, 9.17) is 5.73 Å². The molecule has 1 aromatic rings. The van der Waals surface area contributed by atoms with Gasteiger partial charge in [0.2, 0.25) is 0 Å². The minimum Gasteiger partial charge on any atom is -0.329 e. The molecule has 2 aliphatic heterocycles. The zero-order valence-electron chi connectivity index (χ0n) is 11.6. The first-order valence-electron chi connectivity index (χ1n) is 7.32. The van der Waals surface area contributed by atoms with Gasteiger partial charge in [-0.3, -0.25) is 9.80 Å². The first kappa shape index (κ1) is 13.9. The van der Waals surface area contributed by atoms with Crippen LogP contribution in [0.4, 0.5) is 8.78 Å². The topological polar surface area (TPSA) is 32.5 Å². The van der Waals surface area contributed by atoms with Crippen molar-refractivity contribution in [2.24, 2.45) is 5.73 Å². The Hall–Kier alpha value is -1.04. The molecular weight excluding hydrogens is 260 g/mol. The fraction of sp³-hybridized carbons (Fsp3) is 0.600. The molecule has 0 spiro atoms. The molecule has 2 fully saturated rings. The lowest BCUT2D eigenvalue weighted by Crippen LogP contribution is -2.52. The van der Waals surface area contributed by atoms with Crippen molar-refractivity contribution in [2.75, 3.05) is 32.7 Å². The molecule has 0 amide bonds. The fourth-order valence-electron chi connectivity index (χ4n) is 3.58. The molecule has 20 heavy (non-hydrogen) atoms. The highest BCUT2D eigenvalue weighted by molar-refractivity contribution is 5.24. The average molecular weight is 281 g/mol. The van der Waals surface area contributed by atoms with E-state index in [1.807, 2.05) is 0 Å². The number of rotatable bonds is 3. The Morgan fingerprint density at radius 3 is 2.65 bits per heavy atom. The molecule has 1 aromatic carbocycles. The summed E-state index contributed by atoms with van der Waals surface area (Å²) in [4.78, 5) is 4.62. The van der Waals surface area contributed by atoms with Crippen molar-refractivity contribution in [3.63, 3.8) is 0 Å². The molecule has 3 rings (SSSR count). The molecule has 0 aromatic heterocycles. The largest absolute Gasteiger partial charge is 0.329 e. The van der Waals surface area contributed by atoms with Crippen LogP contribution in [-0.2, 0) is 0 Å². The number of benzene rings is 1. The smallest absolute Gasteiger partial charge is 0.130 e. The van der Waals surface area contributed by atoms with E-state index >= 15 is 0 Å². The fourth-order valence-corrected chi connectivity index (χ4v) is 3.58. The van der Waals surface area contributed by atoms with Crippen LogP contribution in [0.3, 0.4) is 0 Å². The van der Waals surface area contributed by atoms with E-state index in [2.05, 4.69) is 9.80 Å². The number of nitrogens with two attached hydrogens (primary N) is 1. The zero-order valence-corrected chi connectivity index (χ0v) is 11.6. The van der Waals surface area contributed by atoms with Crippen molar-refractivity contribution in [2.45, 2.75) is 24.9 Å². The Kier molecular flexibility index (Phi) is 4.01. The molecule has 0 aliphatic carbocycles. The molecule has 3 nitrogen and oxygen atoms in total. The first-order valence-corrected chi connectivity index (χ1v) is 7.32. The lowest BCUT2D eigenvalue weighted by molar-refractivity contribution is 0.0712. The van der Waals surface area contributed by atoms with Gasteiger partial charge in [-0.1, -0.05) is 6.07 Å². The van der Waals surface area contributed by atoms with E-state index in [0.29, 0.717) is 6.04 Å². The summed E-state index contributed by atoms with van der Waals surface area (Å²) in [7, 11) is 0. The van der Waals surface area contributed by atoms with Crippen molar-refractivity contribution in [1.82, 2.24) is 9.80 Å². The number of halogens is 2. The lowest BCUT2D eigenvalue weighted by Gasteiger charge is -2.41. The van der Waals surface area contributed by atoms with Crippen molar-refractivity contribution in [3.05, 3.63) is 35.4 Å². The van der Waals surface area contributed by atoms with Gasteiger partial charge in [0, 0.05) is 37.8 Å². The standard InChI is InChI=1S/C15H21F2N3/c16-12-4-1-5-13(17)15(12)14(9-18)20-8-7-19-6-2-3-11(19)10-20/h1,4-5,11,14H,2-3,6-10,18H2. The van der Waals surface area contributed by atoms with Gasteiger partial charge in [0.15, 0.2) is 0 Å². The molecule has 2 saturated heterocycles. The van der Waals surface area contributed by atoms with Crippen LogP contribution in [0.2, 0.25) is 0 Å². The second kappa shape index (κ2) is 5.76. The van der Waals surface area contributed by atoms with E-state index in [1.165, 1.54) is 31.0 Å². The first-order chi connectivity index (χ1) is 9.70. The number of hydrogen-bond acceptors (Lipinski definition) is 3. The number of fused-ring (bicyclic) bond motifs is 1. The van der Waals surface area contributed by atoms with Gasteiger partial charge in [0.25, 0.3) is 0 Å². The molecule has 2 aliphatic rings. The maximum atomic E-state index is 14.0. The van der Waals surface area contributed by atoms with Gasteiger partial charge in [-0.2, -0.15) is 0 Å². The summed E-state index contributed by atoms with van der Waals surface area (Å²) >= 11 is 0. The van der Waals surface area contributed by atoms with Crippen LogP contribution < -0.4 is 5.73 Å². The van der Waals surface area contributed by atoms with Crippen LogP contribution >= 0.6 is 0 Å². The molecule has 5 heteroatoms. The van der Waals surface area contributed by atoms with Gasteiger partial charge in [-0.15, -0.1) is 0 Å². The Balaban J connectivity index is 1.83. The van der Waals surface area contributed by atoms with Crippen LogP contribution in [0.1, 0.15) is 24.4 Å². The molecule has 2 unspecified atom stereocenters. The van der Waals surface area contributed by atoms with Gasteiger partial charge in [0.05, 0.1) is 6.04 Å². The van der Waals surface area contributed by atoms with E-state index in [0.717, 1.165) is 26.2 Å². The summed E-state index contributed by atoms with van der Waals surface area (Å²) in [5.41, 5.74) is 5.95. The molecule has 0 bridgehead atoms. The highest BCUT2D eigenvalue weighted by atomic mass is 19.1. The monoisotopic (exact) mass is 281 g/mol. The zero-order chi connectivity index (χ0) is 14.1. The highest BCUT2D eigenvalue weighted by Crippen LogP contribution is 2.30. The van der Waals surface area contributed by atoms with Crippen molar-refractivity contribution >= 4 is 0 Å². The summed E-state index contributed by atoms with van der Waals surface area (Å²) in [5, 5.41) is 0. The van der Waals surface area contributed by atoms with Crippen LogP contribution in [0.15, 0.2) is 18.2 Å². The third kappa shape index (κ3) is 2.45. The average Bonchev–Trinajstić information content (AvgIpc) is 2.90. The van der Waals surface area contributed by atoms with Crippen LogP contribution in [0.25, 0.3) is 0 Å². The van der Waals surface area contributed by atoms with Crippen molar-refractivity contribution in [1.29, 1.82) is 0 Å². The minimum atomic E-state index is -0.491. The summed E-state index contributed by atoms with van der Waals surface area (Å²) < 4.78 is 28.0. The molecular formula is C15H21F2N3. The normalized spacial score (nSPS) is 25.6. The molecule has 110 valence electrons. The quantitative estimate of drug-likeness (QED) is 0.916. The second-order valence-corrected chi connectivity index (χ2v) is 5.71. The Bertz CT molecular complexity index is 460. The van der Waals surface area contributed by atoms with Crippen molar-refractivity contribution in [3.8, 4) is 0 Å². The lowest BCUT2D eigenvalue weighted by atomic mass is 10.0. The summed E-state index contributed by atoms with van der Waals surface area (Å²) in [6.07, 6.45) is 2.40. The number of piperazine rings is 1. The summed E-state index contributed by atoms with van der Waals surface area (Å²) in [5.74, 6) is -0.983. The number of nitrogens with zero attached hydrogens (tertiary/aromatic N) is 2. The van der Waals surface area contributed by atoms with Gasteiger partial charge in [0.1, 0.15) is 11.6 Å². The molecule has 2 atom stereocenters. The van der Waals surface area contributed by atoms with E-state index < -0.39 is 11.6 Å². The highest BCUT2D eigenvalue weighted by Gasteiger charge is 2.35. The Morgan fingerprint density at radius 2 is 1.95 bits per heavy atom. The third-order valence-electron chi connectivity index (χ3n) is 4.62. The van der Waals surface area contributed by atoms with E-state index in [-0.39, 0.29) is 18.2 Å². The van der Waals surface area contributed by atoms with Crippen LogP contribution in [0.5, 0.6) is 0 Å². The van der Waals surface area contributed by atoms with Crippen LogP contribution in [0, 0.1) is 11.6 Å². The predicted octanol–water partition coefficient (Wildman–Crippen LogP) is 1.74. The van der Waals surface area contributed by atoms with Gasteiger partial charge < -0.3 is 5.73 Å². The second-order valence-electron chi connectivity index (χ2n) is 5.71. The molecule has 2 heterocycles. The molecule has 0 saturated carbocycles. The van der Waals surface area contributed by atoms with E-state index in [1.54, 1.807) is 0 Å². The predicted molar refractivity (Wildman–Crippen MR) is 74.3 cm³/mol. The maximum Gasteiger partial charge on any atom is 0.130 e. The third-order valence-corrected chi connectivity index (χ3v) is 4.62. The van der Waals surface area contributed by atoms with Crippen LogP contribution in [-0.4, -0.2) is 48.6 Å². The number of hydrogen-bond donors (Lipinski definition) is 1. The Labute approximate surface area is 118 Å². The Morgan fingerprint density at radius 1 is 1.20 bits per heavy atom. The maximum absolute atomic E-state index is 14.0. The van der Waals surface area contributed by atoms with Crippen molar-refractivity contribution < 1.29 is 8.78 Å².